The van der Waals surface area contributed by atoms with Crippen LogP contribution in [0.2, 0.25) is 14.3 Å². The van der Waals surface area contributed by atoms with E-state index in [1.165, 1.54) is 10.9 Å². The molecule has 0 fully saturated rings. The molecule has 19 heavy (non-hydrogen) atoms. The van der Waals surface area contributed by atoms with E-state index in [2.05, 4.69) is 9.88 Å². The third-order valence-corrected chi connectivity index (χ3v) is 7.75. The monoisotopic (exact) mass is 370 g/mol. The number of hydrogen-bond donors (Lipinski definition) is 0. The molecule has 0 spiro atoms. The summed E-state index contributed by atoms with van der Waals surface area (Å²) in [6, 6.07) is 5.59. The Hall–Kier alpha value is -0.711. The van der Waals surface area contributed by atoms with E-state index in [4.69, 9.17) is 9.47 Å². The van der Waals surface area contributed by atoms with Crippen LogP contribution >= 0.6 is 0 Å². The quantitative estimate of drug-likeness (QED) is 0.570. The third kappa shape index (κ3) is 4.13. The van der Waals surface area contributed by atoms with Crippen LogP contribution in [0, 0.1) is 0 Å². The molecule has 104 valence electrons. The molecule has 0 saturated heterocycles. The topological polar surface area (TPSA) is 35.5 Å². The van der Waals surface area contributed by atoms with Crippen molar-refractivity contribution in [3.8, 4) is 11.5 Å². The van der Waals surface area contributed by atoms with Crippen LogP contribution < -0.4 is 9.47 Å². The van der Waals surface area contributed by atoms with Gasteiger partial charge in [0.2, 0.25) is 0 Å². The number of hydrogen-bond acceptors (Lipinski definition) is 3. The summed E-state index contributed by atoms with van der Waals surface area (Å²) < 4.78 is 12.7. The first-order valence-corrected chi connectivity index (χ1v) is 16.0. The molecule has 1 heterocycles. The predicted octanol–water partition coefficient (Wildman–Crippen LogP) is 3.30. The van der Waals surface area contributed by atoms with Crippen molar-refractivity contribution in [1.82, 2.24) is 0 Å². The zero-order valence-corrected chi connectivity index (χ0v) is 15.1. The van der Waals surface area contributed by atoms with Crippen molar-refractivity contribution < 1.29 is 14.3 Å². The second-order valence-corrected chi connectivity index (χ2v) is 15.0. The van der Waals surface area contributed by atoms with Crippen LogP contribution in [0.15, 0.2) is 18.2 Å². The van der Waals surface area contributed by atoms with E-state index in [9.17, 15) is 4.79 Å². The Morgan fingerprint density at radius 2 is 2.16 bits per heavy atom. The van der Waals surface area contributed by atoms with Gasteiger partial charge in [-0.3, -0.25) is 0 Å². The number of rotatable bonds is 6. The molecule has 2 rings (SSSR count). The van der Waals surface area contributed by atoms with E-state index in [0.717, 1.165) is 6.42 Å². The van der Waals surface area contributed by atoms with Gasteiger partial charge in [-0.25, -0.2) is 0 Å². The number of carbonyl (C=O) groups excluding carboxylic acids is 1. The van der Waals surface area contributed by atoms with Gasteiger partial charge < -0.3 is 0 Å². The summed E-state index contributed by atoms with van der Waals surface area (Å²) in [7, 11) is 0. The van der Waals surface area contributed by atoms with Crippen molar-refractivity contribution in [2.45, 2.75) is 33.6 Å². The molecule has 0 amide bonds. The molecule has 1 aliphatic rings. The maximum absolute atomic E-state index is 11.9. The van der Waals surface area contributed by atoms with Crippen LogP contribution in [0.25, 0.3) is 0 Å². The molecule has 0 N–H and O–H groups in total. The SMILES string of the molecule is [CH3][SnH]([CH3])[CH2]CCCOc1cccc2c1C(=O)CCO2. The molecule has 0 aromatic heterocycles. The van der Waals surface area contributed by atoms with Crippen LogP contribution in [-0.2, 0) is 0 Å². The number of ketones is 1. The molecule has 1 aromatic rings. The minimum absolute atomic E-state index is 0.134. The van der Waals surface area contributed by atoms with Crippen LogP contribution in [0.5, 0.6) is 11.5 Å². The van der Waals surface area contributed by atoms with E-state index in [1.54, 1.807) is 0 Å². The van der Waals surface area contributed by atoms with Gasteiger partial charge in [0.15, 0.2) is 0 Å². The third-order valence-electron chi connectivity index (χ3n) is 3.29. The fraction of sp³-hybridized carbons (Fsp3) is 0.533. The summed E-state index contributed by atoms with van der Waals surface area (Å²) in [5.41, 5.74) is 0.636. The van der Waals surface area contributed by atoms with Gasteiger partial charge in [-0.2, -0.15) is 0 Å². The van der Waals surface area contributed by atoms with Crippen LogP contribution in [-0.4, -0.2) is 38.8 Å². The number of fused-ring (bicyclic) bond motifs is 1. The number of Topliss-reactive ketones (excluding diaryl/α,β-unsaturated/α-hetero) is 1. The van der Waals surface area contributed by atoms with Crippen molar-refractivity contribution in [2.75, 3.05) is 13.2 Å². The van der Waals surface area contributed by atoms with Gasteiger partial charge in [0.05, 0.1) is 0 Å². The molecule has 0 saturated carbocycles. The first-order valence-electron chi connectivity index (χ1n) is 7.10. The average molecular weight is 369 g/mol. The normalized spacial score (nSPS) is 14.2. The second-order valence-electron chi connectivity index (χ2n) is 5.39. The molecule has 0 radical (unpaired) electrons. The standard InChI is InChI=1S/C13H15O3.2CH3.Sn.H/c1-2-3-8-15-11-5-4-6-12-13(11)10(14)7-9-16-12;;;;/h4-6H,1-3,7-9H2;2*1H3;;. The van der Waals surface area contributed by atoms with Crippen molar-refractivity contribution in [2.24, 2.45) is 0 Å². The predicted molar refractivity (Wildman–Crippen MR) is 79.3 cm³/mol. The minimum atomic E-state index is -1.05. The van der Waals surface area contributed by atoms with Gasteiger partial charge in [-0.1, -0.05) is 0 Å². The van der Waals surface area contributed by atoms with Gasteiger partial charge >= 0.3 is 122 Å². The van der Waals surface area contributed by atoms with E-state index in [-0.39, 0.29) is 5.78 Å². The van der Waals surface area contributed by atoms with Crippen LogP contribution in [0.3, 0.4) is 0 Å². The second kappa shape index (κ2) is 7.17. The van der Waals surface area contributed by atoms with Gasteiger partial charge in [0.25, 0.3) is 0 Å². The molecule has 0 unspecified atom stereocenters. The molecular formula is C15H22O3Sn. The summed E-state index contributed by atoms with van der Waals surface area (Å²) >= 11 is -1.05. The number of ether oxygens (including phenoxy) is 2. The fourth-order valence-electron chi connectivity index (χ4n) is 2.24. The summed E-state index contributed by atoms with van der Waals surface area (Å²) in [6.07, 6.45) is 2.79. The van der Waals surface area contributed by atoms with Crippen LogP contribution in [0.1, 0.15) is 29.6 Å². The van der Waals surface area contributed by atoms with Crippen molar-refractivity contribution in [1.29, 1.82) is 0 Å². The molecule has 0 atom stereocenters. The van der Waals surface area contributed by atoms with E-state index in [1.807, 2.05) is 18.2 Å². The summed E-state index contributed by atoms with van der Waals surface area (Å²) in [6.45, 7) is 1.18. The molecule has 1 aliphatic heterocycles. The average Bonchev–Trinajstić information content (AvgIpc) is 2.38. The van der Waals surface area contributed by atoms with E-state index < -0.39 is 19.8 Å². The zero-order chi connectivity index (χ0) is 13.7. The first-order chi connectivity index (χ1) is 9.18. The Morgan fingerprint density at radius 1 is 1.32 bits per heavy atom. The van der Waals surface area contributed by atoms with Crippen molar-refractivity contribution >= 4 is 25.5 Å². The first kappa shape index (κ1) is 14.7. The van der Waals surface area contributed by atoms with Gasteiger partial charge in [0.1, 0.15) is 0 Å². The molecule has 0 bridgehead atoms. The number of benzene rings is 1. The van der Waals surface area contributed by atoms with E-state index >= 15 is 0 Å². The maximum atomic E-state index is 11.9. The molecular weight excluding hydrogens is 347 g/mol. The molecule has 4 heteroatoms. The molecule has 3 nitrogen and oxygen atoms in total. The van der Waals surface area contributed by atoms with Crippen molar-refractivity contribution in [3.63, 3.8) is 0 Å². The summed E-state index contributed by atoms with van der Waals surface area (Å²) in [4.78, 5) is 16.8. The van der Waals surface area contributed by atoms with E-state index in [0.29, 0.717) is 36.7 Å². The zero-order valence-electron chi connectivity index (χ0n) is 11.8. The molecule has 0 aliphatic carbocycles. The summed E-state index contributed by atoms with van der Waals surface area (Å²) in [5.74, 6) is 1.50. The Kier molecular flexibility index (Phi) is 5.55. The number of unbranched alkanes of at least 4 members (excludes halogenated alkanes) is 1. The van der Waals surface area contributed by atoms with Crippen LogP contribution in [0.4, 0.5) is 0 Å². The Balaban J connectivity index is 1.92. The van der Waals surface area contributed by atoms with Gasteiger partial charge in [0, 0.05) is 0 Å². The van der Waals surface area contributed by atoms with Gasteiger partial charge in [-0.05, 0) is 0 Å². The fourth-order valence-corrected chi connectivity index (χ4v) is 5.40. The Bertz CT molecular complexity index is 443. The van der Waals surface area contributed by atoms with Crippen molar-refractivity contribution in [3.05, 3.63) is 23.8 Å². The Labute approximate surface area is 122 Å². The van der Waals surface area contributed by atoms with Gasteiger partial charge in [-0.15, -0.1) is 0 Å². The Morgan fingerprint density at radius 3 is 2.95 bits per heavy atom. The molecule has 1 aromatic carbocycles. The summed E-state index contributed by atoms with van der Waals surface area (Å²) in [5, 5.41) is 0. The number of carbonyl (C=O) groups is 1.